The van der Waals surface area contributed by atoms with Crippen LogP contribution in [-0.4, -0.2) is 39.6 Å². The minimum Gasteiger partial charge on any atom is -0.493 e. The third-order valence-electron chi connectivity index (χ3n) is 3.84. The van der Waals surface area contributed by atoms with Crippen LogP contribution in [0.3, 0.4) is 0 Å². The van der Waals surface area contributed by atoms with Gasteiger partial charge in [-0.3, -0.25) is 0 Å². The molecule has 1 rings (SSSR count). The maximum Gasteiger partial charge on any atom is 0.203 e. The van der Waals surface area contributed by atoms with E-state index in [-0.39, 0.29) is 12.0 Å². The van der Waals surface area contributed by atoms with Gasteiger partial charge in [-0.25, -0.2) is 0 Å². The lowest BCUT2D eigenvalue weighted by Gasteiger charge is -2.26. The molecule has 0 heterocycles. The van der Waals surface area contributed by atoms with Gasteiger partial charge in [-0.15, -0.1) is 0 Å². The summed E-state index contributed by atoms with van der Waals surface area (Å²) in [5, 5.41) is 12.8. The molecule has 0 aliphatic carbocycles. The molecule has 0 aromatic heterocycles. The van der Waals surface area contributed by atoms with Gasteiger partial charge < -0.3 is 24.6 Å². The highest BCUT2D eigenvalue weighted by molar-refractivity contribution is 5.53. The van der Waals surface area contributed by atoms with Gasteiger partial charge in [-0.05, 0) is 24.1 Å². The van der Waals surface area contributed by atoms with Crippen LogP contribution in [0.5, 0.6) is 17.2 Å². The second-order valence-electron chi connectivity index (χ2n) is 5.46. The minimum absolute atomic E-state index is 0.0966. The van der Waals surface area contributed by atoms with Crippen LogP contribution in [0.4, 0.5) is 0 Å². The average molecular weight is 297 g/mol. The highest BCUT2D eigenvalue weighted by Gasteiger charge is 2.20. The van der Waals surface area contributed by atoms with Crippen molar-refractivity contribution in [2.75, 3.05) is 34.5 Å². The monoisotopic (exact) mass is 297 g/mol. The molecule has 5 heteroatoms. The second-order valence-corrected chi connectivity index (χ2v) is 5.46. The summed E-state index contributed by atoms with van der Waals surface area (Å²) in [4.78, 5) is 0. The van der Waals surface area contributed by atoms with Crippen molar-refractivity contribution < 1.29 is 19.3 Å². The zero-order chi connectivity index (χ0) is 15.9. The number of aliphatic hydroxyl groups excluding tert-OH is 1. The first-order valence-corrected chi connectivity index (χ1v) is 7.14. The molecule has 2 N–H and O–H groups in total. The molecule has 0 saturated heterocycles. The largest absolute Gasteiger partial charge is 0.493 e. The lowest BCUT2D eigenvalue weighted by Crippen LogP contribution is -2.34. The Morgan fingerprint density at radius 1 is 1.10 bits per heavy atom. The highest BCUT2D eigenvalue weighted by atomic mass is 16.5. The van der Waals surface area contributed by atoms with Crippen molar-refractivity contribution in [2.24, 2.45) is 5.41 Å². The molecule has 0 amide bonds. The molecule has 1 atom stereocenters. The lowest BCUT2D eigenvalue weighted by molar-refractivity contribution is 0.135. The first kappa shape index (κ1) is 17.6. The van der Waals surface area contributed by atoms with E-state index in [1.54, 1.807) is 21.3 Å². The molecule has 1 unspecified atom stereocenters. The maximum absolute atomic E-state index is 9.42. The summed E-state index contributed by atoms with van der Waals surface area (Å²) in [7, 11) is 4.80. The van der Waals surface area contributed by atoms with Crippen LogP contribution in [0, 0.1) is 5.41 Å². The van der Waals surface area contributed by atoms with Crippen LogP contribution in [0.15, 0.2) is 12.1 Å². The SMILES string of the molecule is CCC(C)(CO)CNCc1cc(OC)c(OC)c(OC)c1. The Morgan fingerprint density at radius 3 is 2.05 bits per heavy atom. The second kappa shape index (κ2) is 8.10. The fourth-order valence-electron chi connectivity index (χ4n) is 2.04. The zero-order valence-corrected chi connectivity index (χ0v) is 13.7. The molecule has 5 nitrogen and oxygen atoms in total. The molecule has 21 heavy (non-hydrogen) atoms. The molecule has 120 valence electrons. The molecule has 0 aliphatic heterocycles. The number of methoxy groups -OCH3 is 3. The molecule has 0 bridgehead atoms. The predicted octanol–water partition coefficient (Wildman–Crippen LogP) is 2.21. The van der Waals surface area contributed by atoms with E-state index in [2.05, 4.69) is 19.2 Å². The quantitative estimate of drug-likeness (QED) is 0.732. The normalized spacial score (nSPS) is 13.6. The number of aliphatic hydroxyl groups is 1. The molecule has 0 saturated carbocycles. The summed E-state index contributed by atoms with van der Waals surface area (Å²) < 4.78 is 16.0. The lowest BCUT2D eigenvalue weighted by atomic mass is 9.88. The average Bonchev–Trinajstić information content (AvgIpc) is 2.53. The van der Waals surface area contributed by atoms with Gasteiger partial charge in [0.2, 0.25) is 5.75 Å². The number of ether oxygens (including phenoxy) is 3. The van der Waals surface area contributed by atoms with E-state index in [9.17, 15) is 5.11 Å². The van der Waals surface area contributed by atoms with E-state index in [1.807, 2.05) is 12.1 Å². The maximum atomic E-state index is 9.42. The standard InChI is InChI=1S/C16H27NO4/c1-6-16(2,11-18)10-17-9-12-7-13(19-3)15(21-5)14(8-12)20-4/h7-8,17-18H,6,9-11H2,1-5H3. The Hall–Kier alpha value is -1.46. The van der Waals surface area contributed by atoms with Crippen LogP contribution >= 0.6 is 0 Å². The zero-order valence-electron chi connectivity index (χ0n) is 13.7. The summed E-state index contributed by atoms with van der Waals surface area (Å²) in [5.41, 5.74) is 0.946. The van der Waals surface area contributed by atoms with Gasteiger partial charge in [-0.2, -0.15) is 0 Å². The van der Waals surface area contributed by atoms with Crippen molar-refractivity contribution >= 4 is 0 Å². The van der Waals surface area contributed by atoms with Gasteiger partial charge in [0.15, 0.2) is 11.5 Å². The molecular weight excluding hydrogens is 270 g/mol. The van der Waals surface area contributed by atoms with E-state index in [1.165, 1.54) is 0 Å². The van der Waals surface area contributed by atoms with Crippen molar-refractivity contribution in [3.63, 3.8) is 0 Å². The Bertz CT molecular complexity index is 419. The Balaban J connectivity index is 2.80. The van der Waals surface area contributed by atoms with Crippen LogP contribution in [-0.2, 0) is 6.54 Å². The summed E-state index contributed by atoms with van der Waals surface area (Å²) >= 11 is 0. The molecule has 0 spiro atoms. The van der Waals surface area contributed by atoms with E-state index in [4.69, 9.17) is 14.2 Å². The fraction of sp³-hybridized carbons (Fsp3) is 0.625. The predicted molar refractivity (Wildman–Crippen MR) is 83.3 cm³/mol. The van der Waals surface area contributed by atoms with Gasteiger partial charge in [0.1, 0.15) is 0 Å². The first-order valence-electron chi connectivity index (χ1n) is 7.14. The van der Waals surface area contributed by atoms with Crippen molar-refractivity contribution in [3.8, 4) is 17.2 Å². The smallest absolute Gasteiger partial charge is 0.203 e. The van der Waals surface area contributed by atoms with E-state index in [0.717, 1.165) is 18.5 Å². The molecular formula is C16H27NO4. The first-order chi connectivity index (χ1) is 10.0. The van der Waals surface area contributed by atoms with Crippen LogP contribution in [0.1, 0.15) is 25.8 Å². The molecule has 1 aromatic rings. The summed E-state index contributed by atoms with van der Waals surface area (Å²) in [5.74, 6) is 1.89. The van der Waals surface area contributed by atoms with Crippen molar-refractivity contribution in [1.29, 1.82) is 0 Å². The number of rotatable bonds is 9. The van der Waals surface area contributed by atoms with Crippen molar-refractivity contribution in [3.05, 3.63) is 17.7 Å². The topological polar surface area (TPSA) is 60.0 Å². The van der Waals surface area contributed by atoms with Crippen molar-refractivity contribution in [2.45, 2.75) is 26.8 Å². The Kier molecular flexibility index (Phi) is 6.78. The third kappa shape index (κ3) is 4.51. The summed E-state index contributed by atoms with van der Waals surface area (Å²) in [6.07, 6.45) is 0.922. The van der Waals surface area contributed by atoms with Crippen LogP contribution in [0.2, 0.25) is 0 Å². The minimum atomic E-state index is -0.0966. The van der Waals surface area contributed by atoms with Gasteiger partial charge in [0.05, 0.1) is 21.3 Å². The molecule has 0 fully saturated rings. The van der Waals surface area contributed by atoms with Gasteiger partial charge >= 0.3 is 0 Å². The van der Waals surface area contributed by atoms with Gasteiger partial charge in [-0.1, -0.05) is 13.8 Å². The van der Waals surface area contributed by atoms with Crippen LogP contribution < -0.4 is 19.5 Å². The van der Waals surface area contributed by atoms with Gasteiger partial charge in [0.25, 0.3) is 0 Å². The molecule has 0 aliphatic rings. The number of nitrogens with one attached hydrogen (secondary N) is 1. The fourth-order valence-corrected chi connectivity index (χ4v) is 2.04. The Morgan fingerprint density at radius 2 is 1.67 bits per heavy atom. The number of benzene rings is 1. The van der Waals surface area contributed by atoms with E-state index in [0.29, 0.717) is 23.8 Å². The number of hydrogen-bond donors (Lipinski definition) is 2. The molecule has 0 radical (unpaired) electrons. The van der Waals surface area contributed by atoms with E-state index < -0.39 is 0 Å². The third-order valence-corrected chi connectivity index (χ3v) is 3.84. The molecule has 1 aromatic carbocycles. The number of hydrogen-bond acceptors (Lipinski definition) is 5. The van der Waals surface area contributed by atoms with Crippen molar-refractivity contribution in [1.82, 2.24) is 5.32 Å². The Labute approximate surface area is 127 Å². The van der Waals surface area contributed by atoms with E-state index >= 15 is 0 Å². The van der Waals surface area contributed by atoms with Crippen LogP contribution in [0.25, 0.3) is 0 Å². The summed E-state index contributed by atoms with van der Waals surface area (Å²) in [6.45, 7) is 5.74. The van der Waals surface area contributed by atoms with Gasteiger partial charge in [0, 0.05) is 25.1 Å². The summed E-state index contributed by atoms with van der Waals surface area (Å²) in [6, 6.07) is 3.85. The highest BCUT2D eigenvalue weighted by Crippen LogP contribution is 2.38.